The van der Waals surface area contributed by atoms with Crippen LogP contribution >= 0.6 is 23.2 Å². The van der Waals surface area contributed by atoms with E-state index in [4.69, 9.17) is 28.3 Å². The van der Waals surface area contributed by atoms with E-state index < -0.39 is 10.0 Å². The molecule has 0 spiro atoms. The van der Waals surface area contributed by atoms with Crippen LogP contribution in [0.3, 0.4) is 0 Å². The van der Waals surface area contributed by atoms with Gasteiger partial charge in [-0.3, -0.25) is 4.79 Å². The summed E-state index contributed by atoms with van der Waals surface area (Å²) in [4.78, 5) is 13.9. The van der Waals surface area contributed by atoms with Crippen LogP contribution in [0, 0.1) is 0 Å². The van der Waals surface area contributed by atoms with Crippen LogP contribution in [0.25, 0.3) is 0 Å². The standard InChI is InChI=1S/C13H16Cl2N2O3S/c14-10-8-11(15)12(21(16,19)20)7-9(10)13(18)17-5-3-1-2-4-6-17/h7-8H,1-6H2,(H2,16,19,20). The maximum atomic E-state index is 12.5. The van der Waals surface area contributed by atoms with Crippen molar-refractivity contribution in [1.82, 2.24) is 4.90 Å². The molecule has 0 atom stereocenters. The molecule has 1 amide bonds. The second kappa shape index (κ2) is 6.52. The lowest BCUT2D eigenvalue weighted by molar-refractivity contribution is 0.0761. The average molecular weight is 351 g/mol. The number of carbonyl (C=O) groups is 1. The van der Waals surface area contributed by atoms with Gasteiger partial charge in [-0.25, -0.2) is 13.6 Å². The first kappa shape index (κ1) is 16.5. The molecule has 8 heteroatoms. The number of likely N-dealkylation sites (tertiary alicyclic amines) is 1. The number of primary sulfonamides is 1. The van der Waals surface area contributed by atoms with E-state index in [-0.39, 0.29) is 26.4 Å². The smallest absolute Gasteiger partial charge is 0.255 e. The predicted octanol–water partition coefficient (Wildman–Crippen LogP) is 2.66. The van der Waals surface area contributed by atoms with Gasteiger partial charge in [0.1, 0.15) is 4.90 Å². The lowest BCUT2D eigenvalue weighted by Gasteiger charge is -2.21. The molecule has 116 valence electrons. The normalized spacial score (nSPS) is 16.6. The van der Waals surface area contributed by atoms with E-state index in [0.29, 0.717) is 13.1 Å². The summed E-state index contributed by atoms with van der Waals surface area (Å²) in [5, 5.41) is 5.14. The number of amides is 1. The van der Waals surface area contributed by atoms with Gasteiger partial charge < -0.3 is 4.90 Å². The molecule has 1 aliphatic rings. The van der Waals surface area contributed by atoms with Crippen molar-refractivity contribution in [2.24, 2.45) is 5.14 Å². The van der Waals surface area contributed by atoms with Gasteiger partial charge in [0.2, 0.25) is 10.0 Å². The highest BCUT2D eigenvalue weighted by Gasteiger charge is 2.23. The summed E-state index contributed by atoms with van der Waals surface area (Å²) < 4.78 is 23.0. The summed E-state index contributed by atoms with van der Waals surface area (Å²) in [5.41, 5.74) is 0.118. The maximum Gasteiger partial charge on any atom is 0.255 e. The van der Waals surface area contributed by atoms with Gasteiger partial charge in [0.25, 0.3) is 5.91 Å². The van der Waals surface area contributed by atoms with Crippen LogP contribution in [0.15, 0.2) is 17.0 Å². The van der Waals surface area contributed by atoms with Crippen molar-refractivity contribution in [3.8, 4) is 0 Å². The van der Waals surface area contributed by atoms with Gasteiger partial charge in [0, 0.05) is 13.1 Å². The number of nitrogens with two attached hydrogens (primary N) is 1. The third-order valence-electron chi connectivity index (χ3n) is 3.45. The third kappa shape index (κ3) is 3.88. The molecule has 1 aromatic rings. The molecule has 1 heterocycles. The van der Waals surface area contributed by atoms with Crippen molar-refractivity contribution >= 4 is 39.1 Å². The van der Waals surface area contributed by atoms with Crippen LogP contribution in [0.2, 0.25) is 10.0 Å². The minimum absolute atomic E-state index is 0.0880. The van der Waals surface area contributed by atoms with Gasteiger partial charge in [-0.05, 0) is 25.0 Å². The average Bonchev–Trinajstić information content (AvgIpc) is 2.65. The van der Waals surface area contributed by atoms with Crippen LogP contribution in [0.4, 0.5) is 0 Å². The van der Waals surface area contributed by atoms with Gasteiger partial charge in [0.05, 0.1) is 15.6 Å². The first-order valence-electron chi connectivity index (χ1n) is 6.62. The molecule has 1 aliphatic heterocycles. The van der Waals surface area contributed by atoms with E-state index >= 15 is 0 Å². The summed E-state index contributed by atoms with van der Waals surface area (Å²) in [6, 6.07) is 2.40. The monoisotopic (exact) mass is 350 g/mol. The molecule has 0 saturated carbocycles. The molecule has 0 radical (unpaired) electrons. The van der Waals surface area contributed by atoms with Crippen molar-refractivity contribution in [3.05, 3.63) is 27.7 Å². The minimum atomic E-state index is -4.01. The number of halogens is 2. The van der Waals surface area contributed by atoms with Crippen molar-refractivity contribution in [3.63, 3.8) is 0 Å². The molecule has 1 fully saturated rings. The second-order valence-corrected chi connectivity index (χ2v) is 7.36. The highest BCUT2D eigenvalue weighted by atomic mass is 35.5. The lowest BCUT2D eigenvalue weighted by Crippen LogP contribution is -2.32. The van der Waals surface area contributed by atoms with Crippen LogP contribution in [-0.2, 0) is 10.0 Å². The van der Waals surface area contributed by atoms with Crippen LogP contribution in [0.5, 0.6) is 0 Å². The number of nitrogens with zero attached hydrogens (tertiary/aromatic N) is 1. The summed E-state index contributed by atoms with van der Waals surface area (Å²) >= 11 is 11.9. The number of benzene rings is 1. The molecule has 1 aromatic carbocycles. The van der Waals surface area contributed by atoms with Crippen molar-refractivity contribution in [2.75, 3.05) is 13.1 Å². The molecule has 1 saturated heterocycles. The van der Waals surface area contributed by atoms with Gasteiger partial charge >= 0.3 is 0 Å². The highest BCUT2D eigenvalue weighted by molar-refractivity contribution is 7.89. The molecule has 21 heavy (non-hydrogen) atoms. The second-order valence-electron chi connectivity index (χ2n) is 5.01. The van der Waals surface area contributed by atoms with E-state index in [2.05, 4.69) is 0 Å². The van der Waals surface area contributed by atoms with E-state index in [0.717, 1.165) is 31.7 Å². The Labute approximate surface area is 134 Å². The zero-order chi connectivity index (χ0) is 15.6. The van der Waals surface area contributed by atoms with Crippen LogP contribution in [0.1, 0.15) is 36.0 Å². The Morgan fingerprint density at radius 1 is 1.05 bits per heavy atom. The fourth-order valence-electron chi connectivity index (χ4n) is 2.36. The number of rotatable bonds is 2. The van der Waals surface area contributed by atoms with E-state index in [9.17, 15) is 13.2 Å². The first-order chi connectivity index (χ1) is 9.80. The van der Waals surface area contributed by atoms with Crippen LogP contribution in [-0.4, -0.2) is 32.3 Å². The largest absolute Gasteiger partial charge is 0.339 e. The first-order valence-corrected chi connectivity index (χ1v) is 8.92. The lowest BCUT2D eigenvalue weighted by atomic mass is 10.2. The molecule has 0 aliphatic carbocycles. The van der Waals surface area contributed by atoms with E-state index in [1.165, 1.54) is 6.07 Å². The summed E-state index contributed by atoms with van der Waals surface area (Å²) in [7, 11) is -4.01. The molecule has 2 rings (SSSR count). The fourth-order valence-corrected chi connectivity index (χ4v) is 3.75. The Kier molecular flexibility index (Phi) is 5.14. The van der Waals surface area contributed by atoms with Gasteiger partial charge in [-0.1, -0.05) is 36.0 Å². The summed E-state index contributed by atoms with van der Waals surface area (Å²) in [6.45, 7) is 1.28. The summed E-state index contributed by atoms with van der Waals surface area (Å²) in [5.74, 6) is -0.288. The Morgan fingerprint density at radius 3 is 2.14 bits per heavy atom. The Balaban J connectivity index is 2.40. The Morgan fingerprint density at radius 2 is 1.62 bits per heavy atom. The zero-order valence-electron chi connectivity index (χ0n) is 11.3. The van der Waals surface area contributed by atoms with Crippen molar-refractivity contribution < 1.29 is 13.2 Å². The SMILES string of the molecule is NS(=O)(=O)c1cc(C(=O)N2CCCCCC2)c(Cl)cc1Cl. The maximum absolute atomic E-state index is 12.5. The van der Waals surface area contributed by atoms with Gasteiger partial charge in [-0.2, -0.15) is 0 Å². The van der Waals surface area contributed by atoms with Gasteiger partial charge in [-0.15, -0.1) is 0 Å². The number of hydrogen-bond acceptors (Lipinski definition) is 3. The van der Waals surface area contributed by atoms with Crippen molar-refractivity contribution in [2.45, 2.75) is 30.6 Å². The zero-order valence-corrected chi connectivity index (χ0v) is 13.6. The molecule has 0 aromatic heterocycles. The molecule has 0 bridgehead atoms. The number of carbonyl (C=O) groups excluding carboxylic acids is 1. The predicted molar refractivity (Wildman–Crippen MR) is 82.2 cm³/mol. The third-order valence-corrected chi connectivity index (χ3v) is 5.14. The van der Waals surface area contributed by atoms with Crippen LogP contribution < -0.4 is 5.14 Å². The quantitative estimate of drug-likeness (QED) is 0.889. The Bertz CT molecular complexity index is 654. The Hall–Kier alpha value is -0.820. The highest BCUT2D eigenvalue weighted by Crippen LogP contribution is 2.29. The van der Waals surface area contributed by atoms with E-state index in [1.54, 1.807) is 4.90 Å². The molecular formula is C13H16Cl2N2O3S. The summed E-state index contributed by atoms with van der Waals surface area (Å²) in [6.07, 6.45) is 4.03. The molecule has 2 N–H and O–H groups in total. The van der Waals surface area contributed by atoms with Crippen molar-refractivity contribution in [1.29, 1.82) is 0 Å². The minimum Gasteiger partial charge on any atom is -0.339 e. The number of hydrogen-bond donors (Lipinski definition) is 1. The molecular weight excluding hydrogens is 335 g/mol. The topological polar surface area (TPSA) is 80.5 Å². The van der Waals surface area contributed by atoms with E-state index in [1.807, 2.05) is 0 Å². The fraction of sp³-hybridized carbons (Fsp3) is 0.462. The molecule has 0 unspecified atom stereocenters. The van der Waals surface area contributed by atoms with Gasteiger partial charge in [0.15, 0.2) is 0 Å². The number of sulfonamides is 1. The molecule has 5 nitrogen and oxygen atoms in total.